The number of benzene rings is 1. The molecule has 1 heterocycles. The molecule has 150 valence electrons. The first-order chi connectivity index (χ1) is 12.9. The van der Waals surface area contributed by atoms with E-state index in [9.17, 15) is 18.0 Å². The highest BCUT2D eigenvalue weighted by Gasteiger charge is 2.34. The number of nitrogens with one attached hydrogen (secondary N) is 2. The van der Waals surface area contributed by atoms with Gasteiger partial charge in [0.1, 0.15) is 6.23 Å². The molecule has 1 fully saturated rings. The second-order valence-corrected chi connectivity index (χ2v) is 7.96. The van der Waals surface area contributed by atoms with Gasteiger partial charge in [0.2, 0.25) is 10.0 Å². The first kappa shape index (κ1) is 21.3. The Morgan fingerprint density at radius 3 is 2.56 bits per heavy atom. The Kier molecular flexibility index (Phi) is 7.72. The molecule has 10 heteroatoms. The van der Waals surface area contributed by atoms with E-state index in [4.69, 9.17) is 9.47 Å². The summed E-state index contributed by atoms with van der Waals surface area (Å²) in [6.07, 6.45) is -0.326. The second-order valence-electron chi connectivity index (χ2n) is 6.07. The van der Waals surface area contributed by atoms with Crippen molar-refractivity contribution in [1.82, 2.24) is 14.9 Å². The number of aryl methyl sites for hydroxylation is 1. The maximum Gasteiger partial charge on any atom is 0.309 e. The quantitative estimate of drug-likeness (QED) is 0.477. The molecule has 0 unspecified atom stereocenters. The molecule has 1 aromatic rings. The van der Waals surface area contributed by atoms with Crippen LogP contribution in [0.3, 0.4) is 0 Å². The zero-order valence-electron chi connectivity index (χ0n) is 15.4. The average Bonchev–Trinajstić information content (AvgIpc) is 2.66. The van der Waals surface area contributed by atoms with Gasteiger partial charge in [-0.25, -0.2) is 8.42 Å². The van der Waals surface area contributed by atoms with Crippen molar-refractivity contribution in [1.29, 1.82) is 0 Å². The lowest BCUT2D eigenvalue weighted by Crippen LogP contribution is -2.53. The minimum Gasteiger partial charge on any atom is -0.383 e. The average molecular weight is 399 g/mol. The number of hydrogen-bond acceptors (Lipinski definition) is 6. The summed E-state index contributed by atoms with van der Waals surface area (Å²) >= 11 is 0. The molecule has 1 aliphatic rings. The van der Waals surface area contributed by atoms with Gasteiger partial charge in [-0.15, -0.1) is 0 Å². The Morgan fingerprint density at radius 1 is 1.22 bits per heavy atom. The van der Waals surface area contributed by atoms with Crippen molar-refractivity contribution >= 4 is 21.8 Å². The van der Waals surface area contributed by atoms with Crippen LogP contribution in [0.15, 0.2) is 29.2 Å². The highest BCUT2D eigenvalue weighted by Crippen LogP contribution is 2.22. The van der Waals surface area contributed by atoms with Crippen LogP contribution in [0.25, 0.3) is 0 Å². The molecule has 1 aromatic carbocycles. The summed E-state index contributed by atoms with van der Waals surface area (Å²) in [5.74, 6) is -1.66. The van der Waals surface area contributed by atoms with E-state index in [1.54, 1.807) is 12.1 Å². The van der Waals surface area contributed by atoms with Crippen molar-refractivity contribution in [2.45, 2.75) is 24.5 Å². The fraction of sp³-hybridized carbons (Fsp3) is 0.529. The predicted molar refractivity (Wildman–Crippen MR) is 97.3 cm³/mol. The Hall–Kier alpha value is -2.01. The van der Waals surface area contributed by atoms with Crippen molar-refractivity contribution in [3.05, 3.63) is 29.8 Å². The molecule has 2 rings (SSSR count). The summed E-state index contributed by atoms with van der Waals surface area (Å²) in [6, 6.07) is 6.52. The number of carbonyl (C=O) groups excluding carboxylic acids is 2. The summed E-state index contributed by atoms with van der Waals surface area (Å²) in [4.78, 5) is 23.7. The van der Waals surface area contributed by atoms with Gasteiger partial charge >= 0.3 is 11.8 Å². The van der Waals surface area contributed by atoms with Gasteiger partial charge in [-0.3, -0.25) is 9.59 Å². The Morgan fingerprint density at radius 2 is 1.89 bits per heavy atom. The first-order valence-electron chi connectivity index (χ1n) is 8.61. The fourth-order valence-electron chi connectivity index (χ4n) is 2.56. The van der Waals surface area contributed by atoms with Crippen molar-refractivity contribution in [3.63, 3.8) is 0 Å². The van der Waals surface area contributed by atoms with E-state index in [1.165, 1.54) is 23.5 Å². The van der Waals surface area contributed by atoms with Crippen LogP contribution in [-0.4, -0.2) is 70.7 Å². The number of rotatable bonds is 7. The van der Waals surface area contributed by atoms with Crippen LogP contribution in [0.4, 0.5) is 0 Å². The van der Waals surface area contributed by atoms with Crippen LogP contribution in [0.2, 0.25) is 0 Å². The Balaban J connectivity index is 2.01. The Bertz CT molecular complexity index is 750. The number of sulfonamides is 1. The summed E-state index contributed by atoms with van der Waals surface area (Å²) in [6.45, 7) is 2.89. The maximum absolute atomic E-state index is 12.9. The van der Waals surface area contributed by atoms with Gasteiger partial charge in [0.15, 0.2) is 0 Å². The van der Waals surface area contributed by atoms with Crippen LogP contribution >= 0.6 is 0 Å². The zero-order valence-corrected chi connectivity index (χ0v) is 16.3. The van der Waals surface area contributed by atoms with E-state index in [2.05, 4.69) is 10.6 Å². The summed E-state index contributed by atoms with van der Waals surface area (Å²) < 4.78 is 37.3. The SMILES string of the molecule is COCCNC(=O)C(=O)NC[C@@H]1OCCCN1S(=O)(=O)c1ccc(C)cc1. The zero-order chi connectivity index (χ0) is 19.9. The standard InChI is InChI=1S/C17H25N3O6S/c1-13-4-6-14(7-5-13)27(23,24)20-9-3-10-26-15(20)12-19-17(22)16(21)18-8-11-25-2/h4-7,15H,3,8-12H2,1-2H3,(H,18,21)(H,19,22)/t15-/m0/s1. The smallest absolute Gasteiger partial charge is 0.309 e. The Labute approximate surface area is 159 Å². The third kappa shape index (κ3) is 5.73. The minimum absolute atomic E-state index is 0.123. The first-order valence-corrected chi connectivity index (χ1v) is 10.1. The highest BCUT2D eigenvalue weighted by molar-refractivity contribution is 7.89. The molecule has 0 spiro atoms. The van der Waals surface area contributed by atoms with Crippen molar-refractivity contribution in [3.8, 4) is 0 Å². The van der Waals surface area contributed by atoms with Gasteiger partial charge in [0, 0.05) is 20.2 Å². The molecule has 0 saturated carbocycles. The summed E-state index contributed by atoms with van der Waals surface area (Å²) in [5.41, 5.74) is 0.951. The number of amides is 2. The van der Waals surface area contributed by atoms with E-state index in [0.717, 1.165) is 5.56 Å². The fourth-order valence-corrected chi connectivity index (χ4v) is 4.12. The number of carbonyl (C=O) groups is 2. The van der Waals surface area contributed by atoms with Crippen LogP contribution in [0.5, 0.6) is 0 Å². The van der Waals surface area contributed by atoms with E-state index < -0.39 is 28.1 Å². The maximum atomic E-state index is 12.9. The largest absolute Gasteiger partial charge is 0.383 e. The van der Waals surface area contributed by atoms with Crippen LogP contribution in [0.1, 0.15) is 12.0 Å². The van der Waals surface area contributed by atoms with Crippen LogP contribution in [0, 0.1) is 6.92 Å². The molecule has 1 atom stereocenters. The lowest BCUT2D eigenvalue weighted by atomic mass is 10.2. The third-order valence-corrected chi connectivity index (χ3v) is 5.92. The molecule has 2 N–H and O–H groups in total. The highest BCUT2D eigenvalue weighted by atomic mass is 32.2. The lowest BCUT2D eigenvalue weighted by Gasteiger charge is -2.34. The topological polar surface area (TPSA) is 114 Å². The summed E-state index contributed by atoms with van der Waals surface area (Å²) in [7, 11) is -2.29. The van der Waals surface area contributed by atoms with Gasteiger partial charge in [-0.05, 0) is 25.5 Å². The van der Waals surface area contributed by atoms with E-state index in [0.29, 0.717) is 13.0 Å². The molecule has 9 nitrogen and oxygen atoms in total. The molecule has 0 aliphatic carbocycles. The van der Waals surface area contributed by atoms with Gasteiger partial charge in [0.05, 0.1) is 24.7 Å². The van der Waals surface area contributed by atoms with Gasteiger partial charge < -0.3 is 20.1 Å². The number of nitrogens with zero attached hydrogens (tertiary/aromatic N) is 1. The molecular weight excluding hydrogens is 374 g/mol. The molecule has 0 bridgehead atoms. The second kappa shape index (κ2) is 9.79. The molecule has 0 aromatic heterocycles. The number of hydrogen-bond donors (Lipinski definition) is 2. The molecule has 1 saturated heterocycles. The van der Waals surface area contributed by atoms with Crippen LogP contribution in [-0.2, 0) is 29.1 Å². The minimum atomic E-state index is -3.77. The van der Waals surface area contributed by atoms with Crippen LogP contribution < -0.4 is 10.6 Å². The van der Waals surface area contributed by atoms with E-state index >= 15 is 0 Å². The van der Waals surface area contributed by atoms with E-state index in [-0.39, 0.29) is 31.1 Å². The van der Waals surface area contributed by atoms with Crippen molar-refractivity contribution in [2.24, 2.45) is 0 Å². The third-order valence-electron chi connectivity index (χ3n) is 4.02. The normalized spacial score (nSPS) is 18.1. The lowest BCUT2D eigenvalue weighted by molar-refractivity contribution is -0.140. The summed E-state index contributed by atoms with van der Waals surface area (Å²) in [5, 5.41) is 4.81. The number of ether oxygens (including phenoxy) is 2. The van der Waals surface area contributed by atoms with Gasteiger partial charge in [0.25, 0.3) is 0 Å². The molecular formula is C17H25N3O6S. The van der Waals surface area contributed by atoms with Gasteiger partial charge in [-0.2, -0.15) is 4.31 Å². The molecule has 2 amide bonds. The molecule has 1 aliphatic heterocycles. The molecule has 0 radical (unpaired) electrons. The van der Waals surface area contributed by atoms with Crippen molar-refractivity contribution < 1.29 is 27.5 Å². The van der Waals surface area contributed by atoms with E-state index in [1.807, 2.05) is 6.92 Å². The number of methoxy groups -OCH3 is 1. The molecule has 27 heavy (non-hydrogen) atoms. The predicted octanol–water partition coefficient (Wildman–Crippen LogP) is -0.389. The monoisotopic (exact) mass is 399 g/mol. The van der Waals surface area contributed by atoms with Gasteiger partial charge in [-0.1, -0.05) is 17.7 Å². The van der Waals surface area contributed by atoms with Crippen molar-refractivity contribution in [2.75, 3.05) is 40.0 Å².